The molecule has 0 unspecified atom stereocenters. The van der Waals surface area contributed by atoms with Crippen molar-refractivity contribution in [1.29, 1.82) is 0 Å². The molecule has 1 amide bonds. The fraction of sp³-hybridized carbons (Fsp3) is 0.250. The van der Waals surface area contributed by atoms with E-state index in [4.69, 9.17) is 11.6 Å². The van der Waals surface area contributed by atoms with Gasteiger partial charge in [-0.15, -0.1) is 0 Å². The van der Waals surface area contributed by atoms with Crippen LogP contribution >= 0.6 is 11.6 Å². The molecule has 0 aliphatic carbocycles. The largest absolute Gasteiger partial charge is 0.501 e. The van der Waals surface area contributed by atoms with Crippen molar-refractivity contribution >= 4 is 23.2 Å². The normalized spacial score (nSPS) is 12.8. The third-order valence-corrected chi connectivity index (χ3v) is 6.16. The number of nitrogens with zero attached hydrogens (tertiary/aromatic N) is 5. The second kappa shape index (κ2) is 9.86. The van der Waals surface area contributed by atoms with E-state index in [1.807, 2.05) is 0 Å². The lowest BCUT2D eigenvalue weighted by Gasteiger charge is -2.27. The molecule has 36 heavy (non-hydrogen) atoms. The van der Waals surface area contributed by atoms with Gasteiger partial charge in [0.1, 0.15) is 23.6 Å². The molecule has 4 rings (SSSR count). The maximum Gasteiger partial charge on any atom is 0.296 e. The number of aromatic nitrogens is 5. The van der Waals surface area contributed by atoms with Gasteiger partial charge in [0.15, 0.2) is 5.69 Å². The number of aromatic hydroxyl groups is 1. The molecule has 2 N–H and O–H groups in total. The minimum atomic E-state index is -0.839. The van der Waals surface area contributed by atoms with Crippen LogP contribution in [0, 0.1) is 19.7 Å². The molecule has 0 aliphatic heterocycles. The van der Waals surface area contributed by atoms with Gasteiger partial charge < -0.3 is 14.9 Å². The first-order valence-corrected chi connectivity index (χ1v) is 11.2. The predicted molar refractivity (Wildman–Crippen MR) is 129 cm³/mol. The second-order valence-corrected chi connectivity index (χ2v) is 8.72. The molecule has 12 heteroatoms. The third kappa shape index (κ3) is 4.69. The third-order valence-electron chi connectivity index (χ3n) is 5.81. The average molecular weight is 513 g/mol. The van der Waals surface area contributed by atoms with Crippen molar-refractivity contribution in [3.8, 4) is 5.75 Å². The van der Waals surface area contributed by atoms with E-state index in [-0.39, 0.29) is 16.5 Å². The zero-order chi connectivity index (χ0) is 26.1. The Balaban J connectivity index is 1.90. The van der Waals surface area contributed by atoms with Crippen molar-refractivity contribution in [2.24, 2.45) is 7.05 Å². The van der Waals surface area contributed by atoms with Crippen LogP contribution in [0.1, 0.15) is 57.7 Å². The summed E-state index contributed by atoms with van der Waals surface area (Å²) < 4.78 is 20.2. The Hall–Kier alpha value is -4.12. The zero-order valence-electron chi connectivity index (χ0n) is 19.8. The Labute approximate surface area is 209 Å². The molecule has 4 aromatic rings. The summed E-state index contributed by atoms with van der Waals surface area (Å²) >= 11 is 6.50. The number of halogens is 2. The fourth-order valence-corrected chi connectivity index (χ4v) is 4.27. The summed E-state index contributed by atoms with van der Waals surface area (Å²) in [4.78, 5) is 39.1. The summed E-state index contributed by atoms with van der Waals surface area (Å²) in [7, 11) is 1.42. The molecule has 0 radical (unpaired) electrons. The molecule has 3 aromatic heterocycles. The van der Waals surface area contributed by atoms with E-state index in [0.29, 0.717) is 22.6 Å². The molecular formula is C24H22ClFN6O4. The number of amides is 1. The summed E-state index contributed by atoms with van der Waals surface area (Å²) in [6.07, 6.45) is 4.04. The van der Waals surface area contributed by atoms with Crippen LogP contribution in [-0.4, -0.2) is 35.7 Å². The Morgan fingerprint density at radius 2 is 2.00 bits per heavy atom. The molecule has 3 heterocycles. The number of anilines is 1. The van der Waals surface area contributed by atoms with Crippen LogP contribution in [-0.2, 0) is 7.05 Å². The first kappa shape index (κ1) is 25.0. The lowest BCUT2D eigenvalue weighted by molar-refractivity contribution is 0.101. The maximum atomic E-state index is 14.4. The van der Waals surface area contributed by atoms with Crippen LogP contribution in [0.25, 0.3) is 0 Å². The van der Waals surface area contributed by atoms with E-state index in [1.165, 1.54) is 37.7 Å². The molecule has 2 atom stereocenters. The SMILES string of the molecule is Cc1cnc(C)c([C@H](c2cc(F)ccc2Cl)[C@H](C)c2nc(C(=O)Nc3cnoc3)c(O)c(=O)n2C)n1. The van der Waals surface area contributed by atoms with Crippen LogP contribution in [0.3, 0.4) is 0 Å². The van der Waals surface area contributed by atoms with Crippen molar-refractivity contribution in [3.05, 3.63) is 92.2 Å². The standard InChI is InChI=1S/C24H22ClFN6O4/c1-11-8-27-13(3)19(29-11)18(16-7-14(26)5-6-17(16)25)12(2)22-31-20(21(33)24(35)32(22)4)23(34)30-15-9-28-36-10-15/h5-10,12,18,33H,1-4H3,(H,30,34)/t12-,18-/m0/s1. The molecule has 1 aromatic carbocycles. The smallest absolute Gasteiger partial charge is 0.296 e. The highest BCUT2D eigenvalue weighted by atomic mass is 35.5. The quantitative estimate of drug-likeness (QED) is 0.397. The fourth-order valence-electron chi connectivity index (χ4n) is 4.04. The van der Waals surface area contributed by atoms with Gasteiger partial charge in [0.25, 0.3) is 11.5 Å². The Morgan fingerprint density at radius 1 is 1.25 bits per heavy atom. The first-order valence-electron chi connectivity index (χ1n) is 10.8. The maximum absolute atomic E-state index is 14.4. The van der Waals surface area contributed by atoms with Crippen molar-refractivity contribution in [1.82, 2.24) is 24.7 Å². The van der Waals surface area contributed by atoms with Gasteiger partial charge in [-0.25, -0.2) is 9.37 Å². The number of benzene rings is 1. The summed E-state index contributed by atoms with van der Waals surface area (Å²) in [5.74, 6) is -3.40. The Kier molecular flexibility index (Phi) is 6.84. The number of nitrogens with one attached hydrogen (secondary N) is 1. The first-order chi connectivity index (χ1) is 17.1. The van der Waals surface area contributed by atoms with E-state index >= 15 is 0 Å². The molecule has 0 fully saturated rings. The number of carbonyl (C=O) groups excluding carboxylic acids is 1. The molecule has 0 spiro atoms. The minimum absolute atomic E-state index is 0.140. The van der Waals surface area contributed by atoms with Crippen LogP contribution in [0.15, 0.2) is 46.2 Å². The van der Waals surface area contributed by atoms with Gasteiger partial charge in [-0.2, -0.15) is 0 Å². The van der Waals surface area contributed by atoms with Gasteiger partial charge in [-0.3, -0.25) is 24.1 Å². The van der Waals surface area contributed by atoms with Gasteiger partial charge in [0, 0.05) is 30.1 Å². The predicted octanol–water partition coefficient (Wildman–Crippen LogP) is 3.86. The van der Waals surface area contributed by atoms with Gasteiger partial charge >= 0.3 is 0 Å². The minimum Gasteiger partial charge on any atom is -0.501 e. The van der Waals surface area contributed by atoms with Crippen molar-refractivity contribution in [2.45, 2.75) is 32.6 Å². The number of hydrogen-bond acceptors (Lipinski definition) is 8. The second-order valence-electron chi connectivity index (χ2n) is 8.31. The van der Waals surface area contributed by atoms with Gasteiger partial charge in [-0.1, -0.05) is 23.7 Å². The molecule has 0 bridgehead atoms. The lowest BCUT2D eigenvalue weighted by Crippen LogP contribution is -2.30. The summed E-state index contributed by atoms with van der Waals surface area (Å²) in [5, 5.41) is 16.7. The number of carbonyl (C=O) groups is 1. The molecule has 0 saturated heterocycles. The summed E-state index contributed by atoms with van der Waals surface area (Å²) in [6.45, 7) is 5.28. The highest BCUT2D eigenvalue weighted by Crippen LogP contribution is 2.41. The zero-order valence-corrected chi connectivity index (χ0v) is 20.5. The molecule has 0 saturated carbocycles. The van der Waals surface area contributed by atoms with Crippen LogP contribution in [0.2, 0.25) is 5.02 Å². The van der Waals surface area contributed by atoms with E-state index in [0.717, 1.165) is 4.57 Å². The van der Waals surface area contributed by atoms with E-state index in [9.17, 15) is 19.1 Å². The molecule has 0 aliphatic rings. The Bertz CT molecular complexity index is 1450. The average Bonchev–Trinajstić information content (AvgIpc) is 3.35. The van der Waals surface area contributed by atoms with E-state index < -0.39 is 40.6 Å². The highest BCUT2D eigenvalue weighted by Gasteiger charge is 2.33. The number of aryl methyl sites for hydroxylation is 2. The monoisotopic (exact) mass is 512 g/mol. The molecule has 186 valence electrons. The molecule has 10 nitrogen and oxygen atoms in total. The topological polar surface area (TPSA) is 136 Å². The number of rotatable bonds is 6. The Morgan fingerprint density at radius 3 is 2.69 bits per heavy atom. The molecular weight excluding hydrogens is 491 g/mol. The lowest BCUT2D eigenvalue weighted by atomic mass is 9.82. The van der Waals surface area contributed by atoms with E-state index in [1.54, 1.807) is 27.0 Å². The van der Waals surface area contributed by atoms with Gasteiger partial charge in [0.2, 0.25) is 5.75 Å². The highest BCUT2D eigenvalue weighted by molar-refractivity contribution is 6.31. The van der Waals surface area contributed by atoms with Crippen molar-refractivity contribution in [2.75, 3.05) is 5.32 Å². The summed E-state index contributed by atoms with van der Waals surface area (Å²) in [6, 6.07) is 3.97. The summed E-state index contributed by atoms with van der Waals surface area (Å²) in [5.41, 5.74) is 1.01. The van der Waals surface area contributed by atoms with Gasteiger partial charge in [-0.05, 0) is 37.6 Å². The van der Waals surface area contributed by atoms with Crippen molar-refractivity contribution < 1.29 is 18.8 Å². The van der Waals surface area contributed by atoms with E-state index in [2.05, 4.69) is 29.9 Å². The van der Waals surface area contributed by atoms with Crippen molar-refractivity contribution in [3.63, 3.8) is 0 Å². The van der Waals surface area contributed by atoms with Gasteiger partial charge in [0.05, 0.1) is 23.3 Å². The van der Waals surface area contributed by atoms with Crippen LogP contribution in [0.5, 0.6) is 5.75 Å². The van der Waals surface area contributed by atoms with Crippen LogP contribution in [0.4, 0.5) is 10.1 Å². The van der Waals surface area contributed by atoms with Crippen LogP contribution < -0.4 is 10.9 Å². The number of hydrogen-bond donors (Lipinski definition) is 2.